The molecule has 1 heterocycles. The molecule has 1 aliphatic rings. The highest BCUT2D eigenvalue weighted by atomic mass is 16.4. The summed E-state index contributed by atoms with van der Waals surface area (Å²) in [4.78, 5) is 22.0. The van der Waals surface area contributed by atoms with Crippen LogP contribution in [-0.2, 0) is 4.79 Å². The van der Waals surface area contributed by atoms with Crippen LogP contribution >= 0.6 is 0 Å². The Morgan fingerprint density at radius 2 is 2.31 bits per heavy atom. The number of carboxylic acid groups (broad SMARTS) is 1. The van der Waals surface area contributed by atoms with E-state index in [0.29, 0.717) is 12.1 Å². The van der Waals surface area contributed by atoms with E-state index >= 15 is 0 Å². The van der Waals surface area contributed by atoms with E-state index in [1.165, 1.54) is 6.07 Å². The van der Waals surface area contributed by atoms with Gasteiger partial charge in [-0.1, -0.05) is 6.07 Å². The van der Waals surface area contributed by atoms with Crippen LogP contribution in [0.3, 0.4) is 0 Å². The summed E-state index contributed by atoms with van der Waals surface area (Å²) in [7, 11) is 0. The molecular formula is C11H12N2O3. The van der Waals surface area contributed by atoms with Crippen LogP contribution in [0.25, 0.3) is 0 Å². The Kier molecular flexibility index (Phi) is 2.52. The Balaban J connectivity index is 2.30. The summed E-state index contributed by atoms with van der Waals surface area (Å²) in [5.41, 5.74) is 3.59. The Bertz CT molecular complexity index is 445. The van der Waals surface area contributed by atoms with Gasteiger partial charge >= 0.3 is 5.97 Å². The number of carbonyl (C=O) groups is 2. The molecule has 0 aromatic heterocycles. The lowest BCUT2D eigenvalue weighted by Crippen LogP contribution is -2.37. The Morgan fingerprint density at radius 3 is 2.88 bits per heavy atom. The van der Waals surface area contributed by atoms with Gasteiger partial charge in [0.15, 0.2) is 0 Å². The molecule has 1 aliphatic heterocycles. The first kappa shape index (κ1) is 10.5. The topological polar surface area (TPSA) is 69.6 Å². The van der Waals surface area contributed by atoms with Crippen LogP contribution in [-0.4, -0.2) is 23.0 Å². The minimum absolute atomic E-state index is 0.0385. The Morgan fingerprint density at radius 1 is 1.56 bits per heavy atom. The standard InChI is InChI=1S/C11H12N2O3/c1-7-5-10(14)12-13(7)9-4-2-3-8(6-9)11(15)16/h2-4,6-7H,5H2,1H3,(H,12,14)(H,15,16). The van der Waals surface area contributed by atoms with Crippen molar-refractivity contribution in [2.45, 2.75) is 19.4 Å². The maximum absolute atomic E-state index is 11.2. The number of carboxylic acids is 1. The molecule has 5 nitrogen and oxygen atoms in total. The van der Waals surface area contributed by atoms with Crippen molar-refractivity contribution < 1.29 is 14.7 Å². The van der Waals surface area contributed by atoms with Gasteiger partial charge in [0, 0.05) is 0 Å². The summed E-state index contributed by atoms with van der Waals surface area (Å²) in [6, 6.07) is 6.54. The molecular weight excluding hydrogens is 208 g/mol. The molecule has 1 amide bonds. The number of hydrogen-bond donors (Lipinski definition) is 2. The fourth-order valence-corrected chi connectivity index (χ4v) is 1.76. The fourth-order valence-electron chi connectivity index (χ4n) is 1.76. The van der Waals surface area contributed by atoms with Crippen molar-refractivity contribution in [1.29, 1.82) is 0 Å². The van der Waals surface area contributed by atoms with Gasteiger partial charge in [-0.25, -0.2) is 4.79 Å². The Hall–Kier alpha value is -2.04. The van der Waals surface area contributed by atoms with Crippen molar-refractivity contribution in [3.63, 3.8) is 0 Å². The molecule has 1 fully saturated rings. The lowest BCUT2D eigenvalue weighted by Gasteiger charge is -2.22. The van der Waals surface area contributed by atoms with Gasteiger partial charge in [0.25, 0.3) is 0 Å². The van der Waals surface area contributed by atoms with Crippen molar-refractivity contribution in [3.8, 4) is 0 Å². The molecule has 0 radical (unpaired) electrons. The first-order valence-electron chi connectivity index (χ1n) is 5.00. The van der Waals surface area contributed by atoms with E-state index in [0.717, 1.165) is 0 Å². The van der Waals surface area contributed by atoms with Crippen LogP contribution in [0.1, 0.15) is 23.7 Å². The number of nitrogens with one attached hydrogen (secondary N) is 1. The molecule has 2 rings (SSSR count). The third-order valence-corrected chi connectivity index (χ3v) is 2.54. The highest BCUT2D eigenvalue weighted by Crippen LogP contribution is 2.21. The molecule has 1 unspecified atom stereocenters. The van der Waals surface area contributed by atoms with Crippen LogP contribution in [0.2, 0.25) is 0 Å². The van der Waals surface area contributed by atoms with E-state index in [2.05, 4.69) is 5.43 Å². The SMILES string of the molecule is CC1CC(=O)NN1c1cccc(C(=O)O)c1. The highest BCUT2D eigenvalue weighted by Gasteiger charge is 2.26. The molecule has 0 bridgehead atoms. The molecule has 84 valence electrons. The number of nitrogens with zero attached hydrogens (tertiary/aromatic N) is 1. The van der Waals surface area contributed by atoms with E-state index in [4.69, 9.17) is 5.11 Å². The third kappa shape index (κ3) is 1.84. The Labute approximate surface area is 92.6 Å². The summed E-state index contributed by atoms with van der Waals surface area (Å²) in [6.07, 6.45) is 0.428. The van der Waals surface area contributed by atoms with Crippen LogP contribution in [0, 0.1) is 0 Å². The van der Waals surface area contributed by atoms with Gasteiger partial charge < -0.3 is 5.11 Å². The lowest BCUT2D eigenvalue weighted by molar-refractivity contribution is -0.119. The number of anilines is 1. The number of hydrogen-bond acceptors (Lipinski definition) is 3. The highest BCUT2D eigenvalue weighted by molar-refractivity contribution is 5.89. The molecule has 1 aromatic rings. The molecule has 5 heteroatoms. The van der Waals surface area contributed by atoms with Crippen molar-refractivity contribution in [2.24, 2.45) is 0 Å². The second-order valence-electron chi connectivity index (χ2n) is 3.81. The van der Waals surface area contributed by atoms with Gasteiger partial charge in [0.1, 0.15) is 0 Å². The maximum atomic E-state index is 11.2. The van der Waals surface area contributed by atoms with Gasteiger partial charge in [-0.15, -0.1) is 0 Å². The maximum Gasteiger partial charge on any atom is 0.335 e. The first-order valence-corrected chi connectivity index (χ1v) is 5.00. The minimum Gasteiger partial charge on any atom is -0.478 e. The van der Waals surface area contributed by atoms with Gasteiger partial charge in [-0.3, -0.25) is 15.2 Å². The van der Waals surface area contributed by atoms with Crippen molar-refractivity contribution in [2.75, 3.05) is 5.01 Å². The van der Waals surface area contributed by atoms with E-state index in [-0.39, 0.29) is 17.5 Å². The quantitative estimate of drug-likeness (QED) is 0.780. The zero-order chi connectivity index (χ0) is 11.7. The zero-order valence-electron chi connectivity index (χ0n) is 8.80. The predicted molar refractivity (Wildman–Crippen MR) is 58.1 cm³/mol. The van der Waals surface area contributed by atoms with Crippen LogP contribution in [0.5, 0.6) is 0 Å². The van der Waals surface area contributed by atoms with Crippen LogP contribution < -0.4 is 10.4 Å². The molecule has 0 saturated carbocycles. The monoisotopic (exact) mass is 220 g/mol. The molecule has 0 aliphatic carbocycles. The molecule has 0 spiro atoms. The largest absolute Gasteiger partial charge is 0.478 e. The summed E-state index contributed by atoms with van der Waals surface area (Å²) in [5.74, 6) is -1.02. The van der Waals surface area contributed by atoms with E-state index in [1.807, 2.05) is 6.92 Å². The lowest BCUT2D eigenvalue weighted by atomic mass is 10.2. The molecule has 1 atom stereocenters. The average Bonchev–Trinajstić information content (AvgIpc) is 2.58. The normalized spacial score (nSPS) is 19.7. The van der Waals surface area contributed by atoms with E-state index in [1.54, 1.807) is 23.2 Å². The zero-order valence-corrected chi connectivity index (χ0v) is 8.80. The average molecular weight is 220 g/mol. The van der Waals surface area contributed by atoms with E-state index in [9.17, 15) is 9.59 Å². The molecule has 16 heavy (non-hydrogen) atoms. The number of amides is 1. The van der Waals surface area contributed by atoms with Crippen LogP contribution in [0.4, 0.5) is 5.69 Å². The smallest absolute Gasteiger partial charge is 0.335 e. The molecule has 1 saturated heterocycles. The summed E-state index contributed by atoms with van der Waals surface area (Å²) >= 11 is 0. The van der Waals surface area contributed by atoms with E-state index < -0.39 is 5.97 Å². The number of benzene rings is 1. The summed E-state index contributed by atoms with van der Waals surface area (Å²) < 4.78 is 0. The van der Waals surface area contributed by atoms with Crippen molar-refractivity contribution >= 4 is 17.6 Å². The van der Waals surface area contributed by atoms with Gasteiger partial charge in [0.2, 0.25) is 5.91 Å². The number of rotatable bonds is 2. The number of aromatic carboxylic acids is 1. The van der Waals surface area contributed by atoms with Crippen molar-refractivity contribution in [1.82, 2.24) is 5.43 Å². The summed E-state index contributed by atoms with van der Waals surface area (Å²) in [6.45, 7) is 1.91. The summed E-state index contributed by atoms with van der Waals surface area (Å²) in [5, 5.41) is 10.6. The second-order valence-corrected chi connectivity index (χ2v) is 3.81. The molecule has 2 N–H and O–H groups in total. The van der Waals surface area contributed by atoms with Gasteiger partial charge in [-0.2, -0.15) is 0 Å². The van der Waals surface area contributed by atoms with Gasteiger partial charge in [0.05, 0.1) is 23.7 Å². The van der Waals surface area contributed by atoms with Crippen molar-refractivity contribution in [3.05, 3.63) is 29.8 Å². The number of hydrazine groups is 1. The number of carbonyl (C=O) groups excluding carboxylic acids is 1. The van der Waals surface area contributed by atoms with Gasteiger partial charge in [-0.05, 0) is 25.1 Å². The third-order valence-electron chi connectivity index (χ3n) is 2.54. The minimum atomic E-state index is -0.972. The van der Waals surface area contributed by atoms with Crippen LogP contribution in [0.15, 0.2) is 24.3 Å². The molecule has 1 aromatic carbocycles. The first-order chi connectivity index (χ1) is 7.58. The fraction of sp³-hybridized carbons (Fsp3) is 0.273. The second kappa shape index (κ2) is 3.84. The predicted octanol–water partition coefficient (Wildman–Crippen LogP) is 1.01.